The second-order valence-corrected chi connectivity index (χ2v) is 13.3. The van der Waals surface area contributed by atoms with Crippen molar-refractivity contribution in [3.63, 3.8) is 0 Å². The molecule has 0 radical (unpaired) electrons. The van der Waals surface area contributed by atoms with Gasteiger partial charge >= 0.3 is 13.8 Å². The Balaban J connectivity index is 3.39. The number of unbranched alkanes of at least 4 members (excludes halogenated alkanes) is 15. The molecule has 0 heterocycles. The van der Waals surface area contributed by atoms with Gasteiger partial charge in [-0.1, -0.05) is 96.1 Å². The second-order valence-electron chi connectivity index (χ2n) is 11.8. The number of allylic oxidation sites excluding steroid dienone is 2. The van der Waals surface area contributed by atoms with Gasteiger partial charge in [-0.25, -0.2) is 4.57 Å². The van der Waals surface area contributed by atoms with Crippen molar-refractivity contribution in [3.8, 4) is 0 Å². The number of ether oxygens (including phenoxy) is 1. The Kier molecular flexibility index (Phi) is 25.7. The summed E-state index contributed by atoms with van der Waals surface area (Å²) in [4.78, 5) is 21.5. The van der Waals surface area contributed by atoms with Crippen molar-refractivity contribution in [3.05, 3.63) is 12.2 Å². The Morgan fingerprint density at radius 3 is 1.64 bits per heavy atom. The van der Waals surface area contributed by atoms with E-state index < -0.39 is 7.82 Å². The van der Waals surface area contributed by atoms with E-state index in [9.17, 15) is 14.3 Å². The van der Waals surface area contributed by atoms with Crippen LogP contribution in [0.15, 0.2) is 12.2 Å². The average molecular weight is 577 g/mol. The summed E-state index contributed by atoms with van der Waals surface area (Å²) in [7, 11) is 2.12. The molecule has 0 fully saturated rings. The fraction of sp³-hybridized carbons (Fsp3) is 0.903. The Morgan fingerprint density at radius 2 is 1.13 bits per heavy atom. The third-order valence-corrected chi connectivity index (χ3v) is 7.69. The van der Waals surface area contributed by atoms with Crippen LogP contribution in [0.3, 0.4) is 0 Å². The Hall–Kier alpha value is -0.720. The third kappa shape index (κ3) is 31.7. The molecule has 39 heavy (non-hydrogen) atoms. The second kappa shape index (κ2) is 26.2. The van der Waals surface area contributed by atoms with Crippen LogP contribution in [0, 0.1) is 0 Å². The standard InChI is InChI=1S/C31H62NO6P/c1-5-6-7-8-9-10-11-12-13-14-15-16-17-18-19-20-21-22-23-26-31(33)36-28-25-30-38-39(34,35)37-29-24-27-32(2,3)4/h12-13H,5-11,14-30H2,1-4H3/p+1/b13-12-. The molecule has 0 saturated heterocycles. The summed E-state index contributed by atoms with van der Waals surface area (Å²) in [6.45, 7) is 3.49. The van der Waals surface area contributed by atoms with Gasteiger partial charge in [-0.3, -0.25) is 13.8 Å². The van der Waals surface area contributed by atoms with Gasteiger partial charge in [0.05, 0.1) is 47.5 Å². The van der Waals surface area contributed by atoms with Gasteiger partial charge in [0.15, 0.2) is 0 Å². The number of hydrogen-bond donors (Lipinski definition) is 1. The number of nitrogens with zero attached hydrogens (tertiary/aromatic N) is 1. The minimum absolute atomic E-state index is 0.0202. The molecule has 0 aromatic rings. The Bertz CT molecular complexity index is 635. The first-order valence-corrected chi connectivity index (χ1v) is 17.4. The molecule has 1 N–H and O–H groups in total. The first kappa shape index (κ1) is 38.3. The van der Waals surface area contributed by atoms with Gasteiger partial charge in [-0.2, -0.15) is 0 Å². The van der Waals surface area contributed by atoms with E-state index in [0.717, 1.165) is 23.9 Å². The molecule has 0 bridgehead atoms. The molecule has 1 atom stereocenters. The zero-order chi connectivity index (χ0) is 29.1. The summed E-state index contributed by atoms with van der Waals surface area (Å²) in [6, 6.07) is 0. The molecule has 0 spiro atoms. The summed E-state index contributed by atoms with van der Waals surface area (Å²) in [6.07, 6.45) is 27.9. The predicted molar refractivity (Wildman–Crippen MR) is 163 cm³/mol. The average Bonchev–Trinajstić information content (AvgIpc) is 2.87. The maximum atomic E-state index is 11.8. The van der Waals surface area contributed by atoms with Crippen LogP contribution in [0.4, 0.5) is 0 Å². The highest BCUT2D eigenvalue weighted by molar-refractivity contribution is 7.47. The van der Waals surface area contributed by atoms with Crippen LogP contribution in [-0.2, 0) is 23.1 Å². The van der Waals surface area contributed by atoms with Gasteiger partial charge in [0, 0.05) is 19.3 Å². The lowest BCUT2D eigenvalue weighted by Gasteiger charge is -2.23. The number of carbonyl (C=O) groups excluding carboxylic acids is 1. The molecule has 232 valence electrons. The smallest absolute Gasteiger partial charge is 0.466 e. The van der Waals surface area contributed by atoms with Gasteiger partial charge in [0.1, 0.15) is 0 Å². The molecule has 0 saturated carbocycles. The number of carbonyl (C=O) groups is 1. The van der Waals surface area contributed by atoms with Crippen LogP contribution >= 0.6 is 7.82 Å². The number of rotatable bonds is 29. The molecule has 7 nitrogen and oxygen atoms in total. The largest absolute Gasteiger partial charge is 0.472 e. The van der Waals surface area contributed by atoms with Crippen LogP contribution in [0.5, 0.6) is 0 Å². The minimum atomic E-state index is -4.04. The molecule has 1 unspecified atom stereocenters. The predicted octanol–water partition coefficient (Wildman–Crippen LogP) is 8.75. The summed E-state index contributed by atoms with van der Waals surface area (Å²) in [5, 5.41) is 0. The minimum Gasteiger partial charge on any atom is -0.466 e. The van der Waals surface area contributed by atoms with Crippen molar-refractivity contribution in [2.24, 2.45) is 0 Å². The fourth-order valence-corrected chi connectivity index (χ4v) is 5.09. The summed E-state index contributed by atoms with van der Waals surface area (Å²) >= 11 is 0. The summed E-state index contributed by atoms with van der Waals surface area (Å²) in [5.41, 5.74) is 0. The first-order chi connectivity index (χ1) is 18.7. The summed E-state index contributed by atoms with van der Waals surface area (Å²) in [5.74, 6) is -0.209. The van der Waals surface area contributed by atoms with E-state index in [2.05, 4.69) is 40.2 Å². The van der Waals surface area contributed by atoms with Crippen molar-refractivity contribution in [2.45, 2.75) is 135 Å². The van der Waals surface area contributed by atoms with Crippen molar-refractivity contribution in [1.82, 2.24) is 0 Å². The maximum absolute atomic E-state index is 11.8. The molecular weight excluding hydrogens is 513 g/mol. The van der Waals surface area contributed by atoms with Crippen molar-refractivity contribution >= 4 is 13.8 Å². The first-order valence-electron chi connectivity index (χ1n) is 15.9. The molecule has 0 aliphatic carbocycles. The van der Waals surface area contributed by atoms with E-state index in [1.807, 2.05) is 0 Å². The quantitative estimate of drug-likeness (QED) is 0.0315. The highest BCUT2D eigenvalue weighted by Gasteiger charge is 2.21. The molecule has 8 heteroatoms. The van der Waals surface area contributed by atoms with Crippen LogP contribution in [0.1, 0.15) is 135 Å². The van der Waals surface area contributed by atoms with Gasteiger partial charge < -0.3 is 14.1 Å². The van der Waals surface area contributed by atoms with E-state index in [1.54, 1.807) is 0 Å². The van der Waals surface area contributed by atoms with Crippen molar-refractivity contribution in [2.75, 3.05) is 47.5 Å². The Labute approximate surface area is 241 Å². The van der Waals surface area contributed by atoms with Crippen LogP contribution in [-0.4, -0.2) is 62.9 Å². The van der Waals surface area contributed by atoms with Gasteiger partial charge in [-0.05, 0) is 32.1 Å². The molecule has 0 amide bonds. The highest BCUT2D eigenvalue weighted by Crippen LogP contribution is 2.43. The zero-order valence-corrected chi connectivity index (χ0v) is 26.9. The normalized spacial score (nSPS) is 13.7. The van der Waals surface area contributed by atoms with E-state index in [-0.39, 0.29) is 25.8 Å². The zero-order valence-electron chi connectivity index (χ0n) is 26.0. The van der Waals surface area contributed by atoms with E-state index in [1.165, 1.54) is 96.3 Å². The fourth-order valence-electron chi connectivity index (χ4n) is 4.30. The number of phosphoric acid groups is 1. The lowest BCUT2D eigenvalue weighted by molar-refractivity contribution is -0.870. The lowest BCUT2D eigenvalue weighted by Crippen LogP contribution is -2.35. The maximum Gasteiger partial charge on any atom is 0.472 e. The Morgan fingerprint density at radius 1 is 0.667 bits per heavy atom. The summed E-state index contributed by atoms with van der Waals surface area (Å²) < 4.78 is 27.7. The molecule has 0 aromatic carbocycles. The number of quaternary nitrogens is 1. The number of esters is 1. The van der Waals surface area contributed by atoms with Crippen LogP contribution in [0.25, 0.3) is 0 Å². The molecule has 0 rings (SSSR count). The molecular formula is C31H63NO6P+. The van der Waals surface area contributed by atoms with Gasteiger partial charge in [-0.15, -0.1) is 0 Å². The topological polar surface area (TPSA) is 82.1 Å². The highest BCUT2D eigenvalue weighted by atomic mass is 31.2. The van der Waals surface area contributed by atoms with Crippen molar-refractivity contribution in [1.29, 1.82) is 0 Å². The SMILES string of the molecule is CCCCCCCC/C=C\CCCCCCCCCCCC(=O)OCCCOP(=O)(O)OCCC[N+](C)(C)C. The third-order valence-electron chi connectivity index (χ3n) is 6.68. The van der Waals surface area contributed by atoms with E-state index in [0.29, 0.717) is 19.3 Å². The van der Waals surface area contributed by atoms with Gasteiger partial charge in [0.2, 0.25) is 0 Å². The molecule has 0 aliphatic heterocycles. The van der Waals surface area contributed by atoms with Crippen LogP contribution in [0.2, 0.25) is 0 Å². The van der Waals surface area contributed by atoms with Crippen molar-refractivity contribution < 1.29 is 32.5 Å². The molecule has 0 aliphatic rings. The van der Waals surface area contributed by atoms with E-state index >= 15 is 0 Å². The van der Waals surface area contributed by atoms with Crippen LogP contribution < -0.4 is 0 Å². The monoisotopic (exact) mass is 576 g/mol. The van der Waals surface area contributed by atoms with Gasteiger partial charge in [0.25, 0.3) is 0 Å². The molecule has 0 aromatic heterocycles. The van der Waals surface area contributed by atoms with E-state index in [4.69, 9.17) is 13.8 Å². The lowest BCUT2D eigenvalue weighted by atomic mass is 10.1. The number of phosphoric ester groups is 1. The number of hydrogen-bond acceptors (Lipinski definition) is 5.